The number of hydrogen-bond acceptors (Lipinski definition) is 3. The van der Waals surface area contributed by atoms with E-state index in [1.54, 1.807) is 0 Å². The van der Waals surface area contributed by atoms with E-state index in [1.165, 1.54) is 0 Å². The summed E-state index contributed by atoms with van der Waals surface area (Å²) in [5.41, 5.74) is 4.84. The summed E-state index contributed by atoms with van der Waals surface area (Å²) in [6.45, 7) is 0. The molecule has 0 rings (SSSR count). The largest absolute Gasteiger partial charge is 1.00 e. The van der Waals surface area contributed by atoms with Crippen LogP contribution in [0.4, 0.5) is 0 Å². The SMILES string of the molecule is NC(CC(=O)O)C(=O)O.[H-].[H-].[K+].[Na+]. The molecular weight excluding hydrogens is 188 g/mol. The van der Waals surface area contributed by atoms with Crippen LogP contribution in [-0.4, -0.2) is 28.2 Å². The predicted molar refractivity (Wildman–Crippen MR) is 30.1 cm³/mol. The molecule has 0 aromatic carbocycles. The maximum Gasteiger partial charge on any atom is 1.00 e. The third-order valence-corrected chi connectivity index (χ3v) is 0.712. The molecule has 0 bridgehead atoms. The molecule has 0 radical (unpaired) electrons. The Morgan fingerprint density at radius 3 is 1.91 bits per heavy atom. The molecule has 1 unspecified atom stereocenters. The molecule has 0 saturated carbocycles. The first-order valence-corrected chi connectivity index (χ1v) is 2.24. The van der Waals surface area contributed by atoms with Crippen LogP contribution in [0.25, 0.3) is 0 Å². The minimum Gasteiger partial charge on any atom is -1.00 e. The Kier molecular flexibility index (Phi) is 16.0. The Bertz CT molecular complexity index is 150. The summed E-state index contributed by atoms with van der Waals surface area (Å²) in [5.74, 6) is -2.50. The maximum atomic E-state index is 9.85. The number of nitrogens with two attached hydrogens (primary N) is 1. The minimum absolute atomic E-state index is 0. The van der Waals surface area contributed by atoms with Crippen molar-refractivity contribution in [1.29, 1.82) is 0 Å². The molecule has 7 heteroatoms. The van der Waals surface area contributed by atoms with Crippen molar-refractivity contribution in [3.8, 4) is 0 Å². The van der Waals surface area contributed by atoms with Gasteiger partial charge in [-0.15, -0.1) is 0 Å². The molecule has 5 nitrogen and oxygen atoms in total. The molecule has 0 fully saturated rings. The van der Waals surface area contributed by atoms with E-state index in [2.05, 4.69) is 0 Å². The van der Waals surface area contributed by atoms with Gasteiger partial charge in [0.1, 0.15) is 6.04 Å². The standard InChI is InChI=1S/C4H7NO4.K.Na.2H/c5-2(4(8)9)1-3(6)7;;;;/h2H,1,5H2,(H,6,7)(H,8,9);;;;/q;2*+1;2*-1. The number of rotatable bonds is 3. The van der Waals surface area contributed by atoms with E-state index in [-0.39, 0.29) is 83.8 Å². The van der Waals surface area contributed by atoms with Crippen LogP contribution < -0.4 is 86.7 Å². The van der Waals surface area contributed by atoms with Crippen molar-refractivity contribution in [2.24, 2.45) is 5.73 Å². The molecule has 0 aliphatic carbocycles. The Hall–Kier alpha value is 1.54. The molecule has 0 aliphatic rings. The zero-order chi connectivity index (χ0) is 7.44. The van der Waals surface area contributed by atoms with Crippen LogP contribution in [0.2, 0.25) is 0 Å². The van der Waals surface area contributed by atoms with Crippen molar-refractivity contribution in [1.82, 2.24) is 0 Å². The van der Waals surface area contributed by atoms with E-state index in [0.717, 1.165) is 0 Å². The molecule has 0 aliphatic heterocycles. The van der Waals surface area contributed by atoms with Gasteiger partial charge in [0.2, 0.25) is 0 Å². The van der Waals surface area contributed by atoms with Crippen LogP contribution in [0.3, 0.4) is 0 Å². The molecule has 1 atom stereocenters. The van der Waals surface area contributed by atoms with E-state index in [9.17, 15) is 9.59 Å². The van der Waals surface area contributed by atoms with E-state index < -0.39 is 24.4 Å². The summed E-state index contributed by atoms with van der Waals surface area (Å²) in [6, 6.07) is -1.29. The van der Waals surface area contributed by atoms with Crippen LogP contribution in [0.15, 0.2) is 0 Å². The number of aliphatic carboxylic acids is 2. The van der Waals surface area contributed by atoms with Crippen molar-refractivity contribution in [3.63, 3.8) is 0 Å². The first-order valence-electron chi connectivity index (χ1n) is 2.24. The van der Waals surface area contributed by atoms with E-state index in [1.807, 2.05) is 0 Å². The van der Waals surface area contributed by atoms with Gasteiger partial charge in [0.05, 0.1) is 6.42 Å². The summed E-state index contributed by atoms with van der Waals surface area (Å²) in [7, 11) is 0. The Balaban J connectivity index is -0.0000000533. The van der Waals surface area contributed by atoms with Gasteiger partial charge in [0.15, 0.2) is 0 Å². The summed E-state index contributed by atoms with van der Waals surface area (Å²) < 4.78 is 0. The second-order valence-corrected chi connectivity index (χ2v) is 1.54. The fraction of sp³-hybridized carbons (Fsp3) is 0.500. The third-order valence-electron chi connectivity index (χ3n) is 0.712. The quantitative estimate of drug-likeness (QED) is 0.390. The minimum atomic E-state index is -1.29. The first-order chi connectivity index (χ1) is 4.04. The molecule has 4 N–H and O–H groups in total. The second-order valence-electron chi connectivity index (χ2n) is 1.54. The van der Waals surface area contributed by atoms with Gasteiger partial charge in [-0.2, -0.15) is 0 Å². The van der Waals surface area contributed by atoms with Crippen molar-refractivity contribution in [2.75, 3.05) is 0 Å². The van der Waals surface area contributed by atoms with Gasteiger partial charge in [0.25, 0.3) is 0 Å². The number of carboxylic acids is 2. The van der Waals surface area contributed by atoms with Gasteiger partial charge in [-0.1, -0.05) is 0 Å². The number of hydrogen-bond donors (Lipinski definition) is 3. The zero-order valence-corrected chi connectivity index (χ0v) is 11.7. The Morgan fingerprint density at radius 2 is 1.82 bits per heavy atom. The van der Waals surface area contributed by atoms with E-state index in [4.69, 9.17) is 15.9 Å². The summed E-state index contributed by atoms with van der Waals surface area (Å²) in [6.07, 6.45) is -0.532. The van der Waals surface area contributed by atoms with Crippen LogP contribution in [-0.2, 0) is 9.59 Å². The topological polar surface area (TPSA) is 101 Å². The van der Waals surface area contributed by atoms with Gasteiger partial charge in [-0.25, -0.2) is 0 Å². The van der Waals surface area contributed by atoms with Gasteiger partial charge < -0.3 is 18.8 Å². The number of carboxylic acid groups (broad SMARTS) is 2. The fourth-order valence-electron chi connectivity index (χ4n) is 0.275. The van der Waals surface area contributed by atoms with Gasteiger partial charge in [-0.05, 0) is 0 Å². The molecule has 0 aromatic heterocycles. The fourth-order valence-corrected chi connectivity index (χ4v) is 0.275. The average Bonchev–Trinajstić information content (AvgIpc) is 1.63. The van der Waals surface area contributed by atoms with Crippen molar-refractivity contribution >= 4 is 11.9 Å². The van der Waals surface area contributed by atoms with Crippen LogP contribution in [0, 0.1) is 0 Å². The smallest absolute Gasteiger partial charge is 1.00 e. The molecule has 11 heavy (non-hydrogen) atoms. The molecule has 0 aromatic rings. The predicted octanol–water partition coefficient (Wildman–Crippen LogP) is -6.89. The van der Waals surface area contributed by atoms with E-state index in [0.29, 0.717) is 0 Å². The first kappa shape index (κ1) is 18.3. The maximum absolute atomic E-state index is 9.85. The molecular formula is C4H9KNNaO4. The summed E-state index contributed by atoms with van der Waals surface area (Å²) >= 11 is 0. The van der Waals surface area contributed by atoms with Crippen molar-refractivity contribution in [2.45, 2.75) is 12.5 Å². The number of carbonyl (C=O) groups is 2. The van der Waals surface area contributed by atoms with Crippen molar-refractivity contribution in [3.05, 3.63) is 0 Å². The Morgan fingerprint density at radius 1 is 1.45 bits per heavy atom. The zero-order valence-electron chi connectivity index (χ0n) is 8.57. The summed E-state index contributed by atoms with van der Waals surface area (Å²) in [4.78, 5) is 19.6. The van der Waals surface area contributed by atoms with Crippen LogP contribution >= 0.6 is 0 Å². The van der Waals surface area contributed by atoms with E-state index >= 15 is 0 Å². The van der Waals surface area contributed by atoms with Gasteiger partial charge in [0, 0.05) is 0 Å². The second kappa shape index (κ2) is 9.62. The normalized spacial score (nSPS) is 10.3. The Labute approximate surface area is 131 Å². The molecule has 0 heterocycles. The summed E-state index contributed by atoms with van der Waals surface area (Å²) in [5, 5.41) is 16.0. The molecule has 0 amide bonds. The van der Waals surface area contributed by atoms with Crippen molar-refractivity contribution < 1.29 is 104 Å². The van der Waals surface area contributed by atoms with Crippen LogP contribution in [0.5, 0.6) is 0 Å². The van der Waals surface area contributed by atoms with Gasteiger partial charge in [-0.3, -0.25) is 9.59 Å². The third kappa shape index (κ3) is 11.5. The average molecular weight is 197 g/mol. The van der Waals surface area contributed by atoms with Gasteiger partial charge >= 0.3 is 92.9 Å². The monoisotopic (exact) mass is 197 g/mol. The molecule has 56 valence electrons. The molecule has 0 spiro atoms. The van der Waals surface area contributed by atoms with Crippen LogP contribution in [0.1, 0.15) is 9.27 Å². The molecule has 0 saturated heterocycles.